The average molecular weight is 405 g/mol. The third-order valence-corrected chi connectivity index (χ3v) is 4.91. The van der Waals surface area contributed by atoms with E-state index in [0.717, 1.165) is 25.1 Å². The van der Waals surface area contributed by atoms with Crippen LogP contribution in [-0.4, -0.2) is 35.3 Å². The third-order valence-electron chi connectivity index (χ3n) is 4.91. The zero-order valence-electron chi connectivity index (χ0n) is 17.5. The number of hydrogen-bond donors (Lipinski definition) is 1. The van der Waals surface area contributed by atoms with Crippen LogP contribution in [0.25, 0.3) is 11.3 Å². The highest BCUT2D eigenvalue weighted by Crippen LogP contribution is 2.16. The highest BCUT2D eigenvalue weighted by atomic mass is 16.2. The zero-order valence-corrected chi connectivity index (χ0v) is 17.5. The molecule has 156 valence electrons. The van der Waals surface area contributed by atoms with Gasteiger partial charge < -0.3 is 10.2 Å². The van der Waals surface area contributed by atoms with Crippen molar-refractivity contribution in [3.8, 4) is 11.3 Å². The molecule has 0 saturated carbocycles. The Morgan fingerprint density at radius 3 is 2.60 bits per heavy atom. The van der Waals surface area contributed by atoms with Crippen molar-refractivity contribution in [2.45, 2.75) is 26.8 Å². The number of nitrogens with zero attached hydrogens (tertiary/aromatic N) is 3. The van der Waals surface area contributed by atoms with E-state index in [1.54, 1.807) is 6.07 Å². The minimum Gasteiger partial charge on any atom is -0.372 e. The second-order valence-electron chi connectivity index (χ2n) is 7.20. The van der Waals surface area contributed by atoms with E-state index in [1.807, 2.05) is 30.3 Å². The van der Waals surface area contributed by atoms with Gasteiger partial charge in [-0.2, -0.15) is 5.10 Å². The fourth-order valence-corrected chi connectivity index (χ4v) is 3.31. The second kappa shape index (κ2) is 10.4. The lowest BCUT2D eigenvalue weighted by molar-refractivity contribution is -0.121. The minimum atomic E-state index is -0.290. The predicted molar refractivity (Wildman–Crippen MR) is 121 cm³/mol. The van der Waals surface area contributed by atoms with Crippen molar-refractivity contribution in [3.63, 3.8) is 0 Å². The van der Waals surface area contributed by atoms with Gasteiger partial charge in [-0.05, 0) is 44.0 Å². The third kappa shape index (κ3) is 5.80. The van der Waals surface area contributed by atoms with Gasteiger partial charge in [0, 0.05) is 37.0 Å². The number of nitrogens with one attached hydrogen (secondary N) is 1. The Hall–Kier alpha value is -3.41. The molecular formula is C24H28N4O2. The van der Waals surface area contributed by atoms with Crippen LogP contribution in [0.1, 0.15) is 18.9 Å². The topological polar surface area (TPSA) is 67.2 Å². The highest BCUT2D eigenvalue weighted by Gasteiger charge is 2.09. The number of carbonyl (C=O) groups is 1. The van der Waals surface area contributed by atoms with Crippen molar-refractivity contribution in [1.29, 1.82) is 0 Å². The summed E-state index contributed by atoms with van der Waals surface area (Å²) in [4.78, 5) is 26.7. The van der Waals surface area contributed by atoms with E-state index in [2.05, 4.69) is 53.4 Å². The Labute approximate surface area is 177 Å². The maximum Gasteiger partial charge on any atom is 0.267 e. The molecule has 3 aromatic rings. The Morgan fingerprint density at radius 2 is 1.87 bits per heavy atom. The first-order valence-electron chi connectivity index (χ1n) is 10.3. The summed E-state index contributed by atoms with van der Waals surface area (Å²) >= 11 is 0. The molecule has 0 unspecified atom stereocenters. The lowest BCUT2D eigenvalue weighted by atomic mass is 10.1. The van der Waals surface area contributed by atoms with E-state index in [9.17, 15) is 9.59 Å². The van der Waals surface area contributed by atoms with Crippen LogP contribution in [0.2, 0.25) is 0 Å². The van der Waals surface area contributed by atoms with E-state index < -0.39 is 0 Å². The summed E-state index contributed by atoms with van der Waals surface area (Å²) in [7, 11) is 0. The van der Waals surface area contributed by atoms with E-state index in [0.29, 0.717) is 12.2 Å². The Balaban J connectivity index is 1.52. The van der Waals surface area contributed by atoms with Crippen LogP contribution in [0, 0.1) is 6.92 Å². The first-order chi connectivity index (χ1) is 14.6. The number of carbonyl (C=O) groups excluding carboxylic acids is 1. The SMILES string of the molecule is CCN(CCCNC(=O)Cn1nc(-c2ccccc2)ccc1=O)c1cccc(C)c1. The van der Waals surface area contributed by atoms with Crippen molar-refractivity contribution in [1.82, 2.24) is 15.1 Å². The molecule has 0 bridgehead atoms. The van der Waals surface area contributed by atoms with E-state index >= 15 is 0 Å². The molecule has 0 aliphatic carbocycles. The summed E-state index contributed by atoms with van der Waals surface area (Å²) in [5, 5.41) is 7.23. The van der Waals surface area contributed by atoms with Crippen LogP contribution in [-0.2, 0) is 11.3 Å². The van der Waals surface area contributed by atoms with Crippen molar-refractivity contribution in [3.05, 3.63) is 82.6 Å². The molecule has 0 fully saturated rings. The molecule has 1 heterocycles. The van der Waals surface area contributed by atoms with Gasteiger partial charge >= 0.3 is 0 Å². The molecule has 0 aliphatic heterocycles. The summed E-state index contributed by atoms with van der Waals surface area (Å²) in [6, 6.07) is 21.1. The highest BCUT2D eigenvalue weighted by molar-refractivity contribution is 5.75. The van der Waals surface area contributed by atoms with Gasteiger partial charge in [-0.3, -0.25) is 9.59 Å². The molecule has 1 aromatic heterocycles. The summed E-state index contributed by atoms with van der Waals surface area (Å²) < 4.78 is 1.21. The van der Waals surface area contributed by atoms with Gasteiger partial charge in [-0.1, -0.05) is 42.5 Å². The van der Waals surface area contributed by atoms with Gasteiger partial charge in [-0.25, -0.2) is 4.68 Å². The Bertz CT molecular complexity index is 1030. The molecule has 3 rings (SSSR count). The van der Waals surface area contributed by atoms with Crippen LogP contribution in [0.15, 0.2) is 71.5 Å². The van der Waals surface area contributed by atoms with Gasteiger partial charge in [0.2, 0.25) is 5.91 Å². The van der Waals surface area contributed by atoms with Gasteiger partial charge in [-0.15, -0.1) is 0 Å². The molecule has 0 atom stereocenters. The van der Waals surface area contributed by atoms with Crippen LogP contribution in [0.5, 0.6) is 0 Å². The number of amides is 1. The van der Waals surface area contributed by atoms with Crippen molar-refractivity contribution >= 4 is 11.6 Å². The van der Waals surface area contributed by atoms with Crippen LogP contribution in [0.4, 0.5) is 5.69 Å². The van der Waals surface area contributed by atoms with E-state index in [-0.39, 0.29) is 18.0 Å². The molecule has 0 saturated heterocycles. The summed E-state index contributed by atoms with van der Waals surface area (Å²) in [6.45, 7) is 6.42. The molecule has 0 spiro atoms. The van der Waals surface area contributed by atoms with Crippen molar-refractivity contribution < 1.29 is 4.79 Å². The smallest absolute Gasteiger partial charge is 0.267 e. The molecule has 6 nitrogen and oxygen atoms in total. The van der Waals surface area contributed by atoms with Crippen LogP contribution >= 0.6 is 0 Å². The van der Waals surface area contributed by atoms with E-state index in [4.69, 9.17) is 0 Å². The maximum atomic E-state index is 12.3. The molecule has 1 amide bonds. The van der Waals surface area contributed by atoms with Gasteiger partial charge in [0.15, 0.2) is 0 Å². The first kappa shape index (κ1) is 21.3. The van der Waals surface area contributed by atoms with E-state index in [1.165, 1.54) is 22.0 Å². The molecule has 1 N–H and O–H groups in total. The lowest BCUT2D eigenvalue weighted by Crippen LogP contribution is -2.35. The van der Waals surface area contributed by atoms with Crippen molar-refractivity contribution in [2.75, 3.05) is 24.5 Å². The molecule has 30 heavy (non-hydrogen) atoms. The van der Waals surface area contributed by atoms with Gasteiger partial charge in [0.05, 0.1) is 5.69 Å². The lowest BCUT2D eigenvalue weighted by Gasteiger charge is -2.23. The predicted octanol–water partition coefficient (Wildman–Crippen LogP) is 3.25. The Morgan fingerprint density at radius 1 is 1.07 bits per heavy atom. The molecule has 2 aromatic carbocycles. The second-order valence-corrected chi connectivity index (χ2v) is 7.20. The minimum absolute atomic E-state index is 0.0884. The molecular weight excluding hydrogens is 376 g/mol. The summed E-state index contributed by atoms with van der Waals surface area (Å²) in [6.07, 6.45) is 0.819. The molecule has 6 heteroatoms. The average Bonchev–Trinajstić information content (AvgIpc) is 2.76. The fourth-order valence-electron chi connectivity index (χ4n) is 3.31. The number of hydrogen-bond acceptors (Lipinski definition) is 4. The number of rotatable bonds is 9. The number of anilines is 1. The van der Waals surface area contributed by atoms with Crippen molar-refractivity contribution in [2.24, 2.45) is 0 Å². The Kier molecular flexibility index (Phi) is 7.38. The zero-order chi connectivity index (χ0) is 21.3. The molecule has 0 aliphatic rings. The number of aromatic nitrogens is 2. The van der Waals surface area contributed by atoms with Crippen LogP contribution in [0.3, 0.4) is 0 Å². The normalized spacial score (nSPS) is 10.6. The van der Waals surface area contributed by atoms with Gasteiger partial charge in [0.25, 0.3) is 5.56 Å². The summed E-state index contributed by atoms with van der Waals surface area (Å²) in [5.74, 6) is -0.214. The first-order valence-corrected chi connectivity index (χ1v) is 10.3. The fraction of sp³-hybridized carbons (Fsp3) is 0.292. The van der Waals surface area contributed by atoms with Crippen LogP contribution < -0.4 is 15.8 Å². The van der Waals surface area contributed by atoms with Gasteiger partial charge in [0.1, 0.15) is 6.54 Å². The largest absolute Gasteiger partial charge is 0.372 e. The quantitative estimate of drug-likeness (QED) is 0.556. The summed E-state index contributed by atoms with van der Waals surface area (Å²) in [5.41, 5.74) is 3.70. The number of aryl methyl sites for hydroxylation is 1. The maximum absolute atomic E-state index is 12.3. The monoisotopic (exact) mass is 404 g/mol. The standard InChI is InChI=1S/C24H28N4O2/c1-3-27(21-12-7-9-19(2)17-21)16-8-15-25-23(29)18-28-24(30)14-13-22(26-28)20-10-5-4-6-11-20/h4-7,9-14,17H,3,8,15-16,18H2,1-2H3,(H,25,29). The molecule has 0 radical (unpaired) electrons. The number of benzene rings is 2.